The predicted octanol–water partition coefficient (Wildman–Crippen LogP) is 4.34. The van der Waals surface area contributed by atoms with Crippen LogP contribution in [0, 0.1) is 0 Å². The number of carbonyl (C=O) groups is 1. The van der Waals surface area contributed by atoms with Crippen LogP contribution in [0.2, 0.25) is 10.0 Å². The third-order valence-electron chi connectivity index (χ3n) is 5.92. The number of benzene rings is 1. The van der Waals surface area contributed by atoms with Gasteiger partial charge in [0.25, 0.3) is 0 Å². The van der Waals surface area contributed by atoms with E-state index in [0.29, 0.717) is 28.3 Å². The summed E-state index contributed by atoms with van der Waals surface area (Å²) in [6, 6.07) is 6.50. The number of carbonyl (C=O) groups excluding carboxylic acids is 1. The van der Waals surface area contributed by atoms with Crippen molar-refractivity contribution in [3.05, 3.63) is 28.2 Å². The number of piperazine rings is 1. The number of hydrogen-bond acceptors (Lipinski definition) is 4. The van der Waals surface area contributed by atoms with E-state index in [1.165, 1.54) is 25.7 Å². The van der Waals surface area contributed by atoms with E-state index in [2.05, 4.69) is 20.8 Å². The summed E-state index contributed by atoms with van der Waals surface area (Å²) in [5, 5.41) is 1.29. The molecule has 27 heavy (non-hydrogen) atoms. The molecule has 0 aliphatic carbocycles. The molecule has 6 heteroatoms. The fraction of sp³-hybridized carbons (Fsp3) is 0.667. The Morgan fingerprint density at radius 1 is 1.07 bits per heavy atom. The van der Waals surface area contributed by atoms with Crippen LogP contribution in [0.5, 0.6) is 0 Å². The Hall–Kier alpha value is -0.810. The molecule has 0 saturated carbocycles. The summed E-state index contributed by atoms with van der Waals surface area (Å²) in [5.41, 5.74) is 1.05. The van der Waals surface area contributed by atoms with E-state index in [1.807, 2.05) is 12.1 Å². The average Bonchev–Trinajstić information content (AvgIpc) is 2.68. The van der Waals surface area contributed by atoms with E-state index < -0.39 is 0 Å². The molecular formula is C21H31Cl2N3O. The minimum atomic E-state index is 0.301. The number of hydrogen-bond donors (Lipinski definition) is 0. The molecule has 0 aromatic heterocycles. The van der Waals surface area contributed by atoms with E-state index in [0.717, 1.165) is 51.5 Å². The summed E-state index contributed by atoms with van der Waals surface area (Å²) in [4.78, 5) is 18.8. The number of ketones is 1. The molecular weight excluding hydrogens is 381 g/mol. The molecule has 4 nitrogen and oxygen atoms in total. The summed E-state index contributed by atoms with van der Waals surface area (Å²) in [6.07, 6.45) is 5.76. The SMILES string of the molecule is CC(=O)CCN1CCCCC1CCN1CCN(c2cccc(Cl)c2Cl)CC1. The number of piperidine rings is 1. The van der Waals surface area contributed by atoms with Crippen LogP contribution in [0.25, 0.3) is 0 Å². The van der Waals surface area contributed by atoms with E-state index in [-0.39, 0.29) is 0 Å². The zero-order valence-corrected chi connectivity index (χ0v) is 17.8. The van der Waals surface area contributed by atoms with Crippen molar-refractivity contribution in [3.8, 4) is 0 Å². The Balaban J connectivity index is 1.46. The number of halogens is 2. The highest BCUT2D eigenvalue weighted by molar-refractivity contribution is 6.43. The molecule has 1 unspecified atom stereocenters. The van der Waals surface area contributed by atoms with Crippen LogP contribution in [0.1, 0.15) is 39.0 Å². The van der Waals surface area contributed by atoms with Gasteiger partial charge in [-0.15, -0.1) is 0 Å². The third-order valence-corrected chi connectivity index (χ3v) is 6.73. The number of anilines is 1. The Kier molecular flexibility index (Phi) is 7.83. The van der Waals surface area contributed by atoms with Gasteiger partial charge in [0, 0.05) is 45.2 Å². The second-order valence-corrected chi connectivity index (χ2v) is 8.61. The van der Waals surface area contributed by atoms with Crippen LogP contribution >= 0.6 is 23.2 Å². The molecule has 0 N–H and O–H groups in total. The van der Waals surface area contributed by atoms with Crippen molar-refractivity contribution >= 4 is 34.7 Å². The topological polar surface area (TPSA) is 26.8 Å². The summed E-state index contributed by atoms with van der Waals surface area (Å²) in [5.74, 6) is 0.301. The van der Waals surface area contributed by atoms with Gasteiger partial charge in [-0.1, -0.05) is 35.7 Å². The van der Waals surface area contributed by atoms with Crippen LogP contribution in [-0.4, -0.2) is 67.4 Å². The molecule has 1 aromatic carbocycles. The first-order valence-corrected chi connectivity index (χ1v) is 10.9. The minimum absolute atomic E-state index is 0.301. The van der Waals surface area contributed by atoms with E-state index in [1.54, 1.807) is 6.92 Å². The first-order valence-electron chi connectivity index (χ1n) is 10.2. The first-order chi connectivity index (χ1) is 13.0. The van der Waals surface area contributed by atoms with E-state index in [9.17, 15) is 4.79 Å². The second kappa shape index (κ2) is 10.1. The Labute approximate surface area is 173 Å². The number of likely N-dealkylation sites (tertiary alicyclic amines) is 1. The lowest BCUT2D eigenvalue weighted by Crippen LogP contribution is -2.48. The summed E-state index contributed by atoms with van der Waals surface area (Å²) in [6.45, 7) is 9.01. The third kappa shape index (κ3) is 5.83. The maximum atomic E-state index is 11.3. The molecule has 2 saturated heterocycles. The quantitative estimate of drug-likeness (QED) is 0.666. The second-order valence-electron chi connectivity index (χ2n) is 7.83. The number of Topliss-reactive ketones (excluding diaryl/α,β-unsaturated/α-hetero) is 1. The maximum absolute atomic E-state index is 11.3. The van der Waals surface area contributed by atoms with Gasteiger partial charge in [-0.25, -0.2) is 0 Å². The van der Waals surface area contributed by atoms with Crippen molar-refractivity contribution in [1.82, 2.24) is 9.80 Å². The van der Waals surface area contributed by atoms with Gasteiger partial charge in [0.2, 0.25) is 0 Å². The van der Waals surface area contributed by atoms with E-state index >= 15 is 0 Å². The zero-order chi connectivity index (χ0) is 19.2. The molecule has 2 fully saturated rings. The van der Waals surface area contributed by atoms with Crippen molar-refractivity contribution in [2.45, 2.75) is 45.1 Å². The maximum Gasteiger partial charge on any atom is 0.131 e. The highest BCUT2D eigenvalue weighted by Gasteiger charge is 2.24. The minimum Gasteiger partial charge on any atom is -0.368 e. The van der Waals surface area contributed by atoms with Gasteiger partial charge in [-0.3, -0.25) is 14.6 Å². The molecule has 3 rings (SSSR count). The molecule has 0 radical (unpaired) electrons. The highest BCUT2D eigenvalue weighted by Crippen LogP contribution is 2.33. The molecule has 2 aliphatic rings. The van der Waals surface area contributed by atoms with E-state index in [4.69, 9.17) is 23.2 Å². The monoisotopic (exact) mass is 411 g/mol. The Morgan fingerprint density at radius 3 is 2.59 bits per heavy atom. The summed E-state index contributed by atoms with van der Waals surface area (Å²) < 4.78 is 0. The number of rotatable bonds is 7. The van der Waals surface area contributed by atoms with Crippen LogP contribution in [0.15, 0.2) is 18.2 Å². The van der Waals surface area contributed by atoms with Gasteiger partial charge in [0.05, 0.1) is 15.7 Å². The van der Waals surface area contributed by atoms with Gasteiger partial charge in [0.1, 0.15) is 5.78 Å². The van der Waals surface area contributed by atoms with Gasteiger partial charge < -0.3 is 4.90 Å². The van der Waals surface area contributed by atoms with Crippen molar-refractivity contribution in [1.29, 1.82) is 0 Å². The largest absolute Gasteiger partial charge is 0.368 e. The lowest BCUT2D eigenvalue weighted by Gasteiger charge is -2.39. The molecule has 1 atom stereocenters. The lowest BCUT2D eigenvalue weighted by atomic mass is 9.98. The van der Waals surface area contributed by atoms with Gasteiger partial charge >= 0.3 is 0 Å². The van der Waals surface area contributed by atoms with Crippen LogP contribution in [0.4, 0.5) is 5.69 Å². The molecule has 150 valence electrons. The molecule has 2 aliphatic heterocycles. The summed E-state index contributed by atoms with van der Waals surface area (Å²) >= 11 is 12.5. The molecule has 1 aromatic rings. The van der Waals surface area contributed by atoms with Crippen molar-refractivity contribution < 1.29 is 4.79 Å². The number of nitrogens with zero attached hydrogens (tertiary/aromatic N) is 3. The van der Waals surface area contributed by atoms with Crippen LogP contribution in [0.3, 0.4) is 0 Å². The zero-order valence-electron chi connectivity index (χ0n) is 16.3. The lowest BCUT2D eigenvalue weighted by molar-refractivity contribution is -0.117. The average molecular weight is 412 g/mol. The standard InChI is InChI=1S/C21H31Cl2N3O/c1-17(27)8-12-25-10-3-2-5-18(25)9-11-24-13-15-26(16-14-24)20-7-4-6-19(22)21(20)23/h4,6-7,18H,2-3,5,8-16H2,1H3. The van der Waals surface area contributed by atoms with Gasteiger partial charge in [0.15, 0.2) is 0 Å². The van der Waals surface area contributed by atoms with Gasteiger partial charge in [-0.05, 0) is 51.4 Å². The van der Waals surface area contributed by atoms with Crippen LogP contribution in [-0.2, 0) is 4.79 Å². The normalized spacial score (nSPS) is 22.2. The fourth-order valence-electron chi connectivity index (χ4n) is 4.26. The van der Waals surface area contributed by atoms with Crippen molar-refractivity contribution in [2.24, 2.45) is 0 Å². The molecule has 0 amide bonds. The molecule has 2 heterocycles. The first kappa shape index (κ1) is 20.9. The molecule has 0 bridgehead atoms. The van der Waals surface area contributed by atoms with Gasteiger partial charge in [-0.2, -0.15) is 0 Å². The molecule has 0 spiro atoms. The predicted molar refractivity (Wildman–Crippen MR) is 114 cm³/mol. The van der Waals surface area contributed by atoms with Crippen molar-refractivity contribution in [3.63, 3.8) is 0 Å². The summed E-state index contributed by atoms with van der Waals surface area (Å²) in [7, 11) is 0. The van der Waals surface area contributed by atoms with Crippen molar-refractivity contribution in [2.75, 3.05) is 50.7 Å². The Bertz CT molecular complexity index is 632. The highest BCUT2D eigenvalue weighted by atomic mass is 35.5. The fourth-order valence-corrected chi connectivity index (χ4v) is 4.68. The smallest absolute Gasteiger partial charge is 0.131 e. The van der Waals surface area contributed by atoms with Crippen LogP contribution < -0.4 is 4.90 Å². The Morgan fingerprint density at radius 2 is 1.85 bits per heavy atom.